The number of aldehydes is 1. The summed E-state index contributed by atoms with van der Waals surface area (Å²) in [7, 11) is 1.60. The van der Waals surface area contributed by atoms with Crippen LogP contribution in [0.1, 0.15) is 19.3 Å². The number of alkyl halides is 3. The van der Waals surface area contributed by atoms with Crippen LogP contribution < -0.4 is 0 Å². The second kappa shape index (κ2) is 5.82. The first kappa shape index (κ1) is 14.4. The SMILES string of the molecule is CN(CCC(F)(F)F)CC1(C=O)CCCOC1. The van der Waals surface area contributed by atoms with Crippen molar-refractivity contribution >= 4 is 6.29 Å². The molecular weight excluding hydrogens is 235 g/mol. The van der Waals surface area contributed by atoms with Crippen molar-refractivity contribution in [3.8, 4) is 0 Å². The standard InChI is InChI=1S/C11H18F3NO2/c1-15(5-4-11(12,13)14)7-10(8-16)3-2-6-17-9-10/h8H,2-7,9H2,1H3. The largest absolute Gasteiger partial charge is 0.390 e. The zero-order valence-electron chi connectivity index (χ0n) is 9.92. The predicted octanol–water partition coefficient (Wildman–Crippen LogP) is 1.87. The van der Waals surface area contributed by atoms with Gasteiger partial charge in [0.1, 0.15) is 6.29 Å². The van der Waals surface area contributed by atoms with Crippen LogP contribution in [-0.4, -0.2) is 50.7 Å². The van der Waals surface area contributed by atoms with Crippen molar-refractivity contribution in [2.24, 2.45) is 5.41 Å². The summed E-state index contributed by atoms with van der Waals surface area (Å²) in [5, 5.41) is 0. The first-order valence-corrected chi connectivity index (χ1v) is 5.66. The van der Waals surface area contributed by atoms with Crippen LogP contribution in [0.25, 0.3) is 0 Å². The summed E-state index contributed by atoms with van der Waals surface area (Å²) in [5.41, 5.74) is -0.626. The van der Waals surface area contributed by atoms with E-state index >= 15 is 0 Å². The van der Waals surface area contributed by atoms with Gasteiger partial charge in [0.05, 0.1) is 18.4 Å². The van der Waals surface area contributed by atoms with Gasteiger partial charge in [-0.3, -0.25) is 0 Å². The molecule has 1 heterocycles. The van der Waals surface area contributed by atoms with Gasteiger partial charge in [-0.2, -0.15) is 13.2 Å². The van der Waals surface area contributed by atoms with Crippen molar-refractivity contribution in [3.63, 3.8) is 0 Å². The number of hydrogen-bond acceptors (Lipinski definition) is 3. The molecule has 1 rings (SSSR count). The fraction of sp³-hybridized carbons (Fsp3) is 0.909. The first-order valence-electron chi connectivity index (χ1n) is 5.66. The van der Waals surface area contributed by atoms with Crippen LogP contribution >= 0.6 is 0 Å². The topological polar surface area (TPSA) is 29.5 Å². The van der Waals surface area contributed by atoms with Gasteiger partial charge in [-0.25, -0.2) is 0 Å². The quantitative estimate of drug-likeness (QED) is 0.700. The fourth-order valence-electron chi connectivity index (χ4n) is 2.06. The molecule has 0 aliphatic carbocycles. The van der Waals surface area contributed by atoms with Crippen molar-refractivity contribution < 1.29 is 22.7 Å². The maximum Gasteiger partial charge on any atom is 0.390 e. The molecule has 1 unspecified atom stereocenters. The van der Waals surface area contributed by atoms with E-state index in [-0.39, 0.29) is 6.54 Å². The van der Waals surface area contributed by atoms with E-state index in [1.165, 1.54) is 0 Å². The number of carbonyl (C=O) groups is 1. The van der Waals surface area contributed by atoms with Crippen LogP contribution in [0.2, 0.25) is 0 Å². The molecule has 1 saturated heterocycles. The molecule has 0 radical (unpaired) electrons. The molecule has 0 spiro atoms. The molecule has 1 aliphatic heterocycles. The van der Waals surface area contributed by atoms with E-state index in [0.717, 1.165) is 12.7 Å². The van der Waals surface area contributed by atoms with Crippen molar-refractivity contribution in [2.45, 2.75) is 25.4 Å². The van der Waals surface area contributed by atoms with E-state index in [0.29, 0.717) is 26.2 Å². The van der Waals surface area contributed by atoms with Crippen LogP contribution in [0.15, 0.2) is 0 Å². The zero-order chi connectivity index (χ0) is 12.9. The maximum absolute atomic E-state index is 12.1. The normalized spacial score (nSPS) is 26.2. The lowest BCUT2D eigenvalue weighted by molar-refractivity contribution is -0.139. The molecule has 17 heavy (non-hydrogen) atoms. The molecule has 0 N–H and O–H groups in total. The molecule has 100 valence electrons. The van der Waals surface area contributed by atoms with Gasteiger partial charge in [0.2, 0.25) is 0 Å². The Labute approximate surface area is 98.9 Å². The highest BCUT2D eigenvalue weighted by molar-refractivity contribution is 5.60. The number of nitrogens with zero attached hydrogens (tertiary/aromatic N) is 1. The Balaban J connectivity index is 2.42. The second-order valence-electron chi connectivity index (χ2n) is 4.74. The summed E-state index contributed by atoms with van der Waals surface area (Å²) in [5.74, 6) is 0. The molecule has 1 aliphatic rings. The Morgan fingerprint density at radius 3 is 2.65 bits per heavy atom. The minimum absolute atomic E-state index is 0.0842. The van der Waals surface area contributed by atoms with Gasteiger partial charge < -0.3 is 14.4 Å². The summed E-state index contributed by atoms with van der Waals surface area (Å²) >= 11 is 0. The lowest BCUT2D eigenvalue weighted by Crippen LogP contribution is -2.43. The van der Waals surface area contributed by atoms with Crippen LogP contribution in [0, 0.1) is 5.41 Å². The Kier molecular flexibility index (Phi) is 4.94. The smallest absolute Gasteiger partial charge is 0.380 e. The van der Waals surface area contributed by atoms with E-state index in [1.54, 1.807) is 11.9 Å². The molecule has 1 fully saturated rings. The van der Waals surface area contributed by atoms with E-state index in [9.17, 15) is 18.0 Å². The number of hydrogen-bond donors (Lipinski definition) is 0. The highest BCUT2D eigenvalue weighted by Gasteiger charge is 2.35. The van der Waals surface area contributed by atoms with Crippen molar-refractivity contribution in [2.75, 3.05) is 33.4 Å². The monoisotopic (exact) mass is 253 g/mol. The first-order chi connectivity index (χ1) is 7.87. The predicted molar refractivity (Wildman–Crippen MR) is 56.7 cm³/mol. The zero-order valence-corrected chi connectivity index (χ0v) is 9.92. The molecule has 6 heteroatoms. The summed E-state index contributed by atoms with van der Waals surface area (Å²) < 4.78 is 41.4. The van der Waals surface area contributed by atoms with Gasteiger partial charge in [0, 0.05) is 19.7 Å². The van der Waals surface area contributed by atoms with Gasteiger partial charge in [-0.15, -0.1) is 0 Å². The van der Waals surface area contributed by atoms with Gasteiger partial charge in [0.15, 0.2) is 0 Å². The minimum Gasteiger partial charge on any atom is -0.380 e. The van der Waals surface area contributed by atoms with E-state index in [1.807, 2.05) is 0 Å². The lowest BCUT2D eigenvalue weighted by Gasteiger charge is -2.35. The fourth-order valence-corrected chi connectivity index (χ4v) is 2.06. The Bertz CT molecular complexity index is 250. The third kappa shape index (κ3) is 5.04. The van der Waals surface area contributed by atoms with E-state index in [2.05, 4.69) is 0 Å². The molecule has 0 aromatic rings. The summed E-state index contributed by atoms with van der Waals surface area (Å²) in [6.07, 6.45) is -2.69. The van der Waals surface area contributed by atoms with E-state index < -0.39 is 18.0 Å². The lowest BCUT2D eigenvalue weighted by atomic mass is 9.83. The average Bonchev–Trinajstić information content (AvgIpc) is 2.27. The number of ether oxygens (including phenoxy) is 1. The molecule has 0 aromatic heterocycles. The minimum atomic E-state index is -4.15. The molecule has 1 atom stereocenters. The summed E-state index contributed by atoms with van der Waals surface area (Å²) in [6.45, 7) is 1.18. The Morgan fingerprint density at radius 2 is 2.18 bits per heavy atom. The molecule has 3 nitrogen and oxygen atoms in total. The van der Waals surface area contributed by atoms with Crippen LogP contribution in [0.5, 0.6) is 0 Å². The summed E-state index contributed by atoms with van der Waals surface area (Å²) in [6, 6.07) is 0. The highest BCUT2D eigenvalue weighted by atomic mass is 19.4. The van der Waals surface area contributed by atoms with Crippen LogP contribution in [-0.2, 0) is 9.53 Å². The number of rotatable bonds is 5. The molecule has 0 amide bonds. The van der Waals surface area contributed by atoms with Crippen molar-refractivity contribution in [1.82, 2.24) is 4.90 Å². The third-order valence-electron chi connectivity index (χ3n) is 2.96. The Morgan fingerprint density at radius 1 is 1.47 bits per heavy atom. The van der Waals surface area contributed by atoms with E-state index in [4.69, 9.17) is 4.74 Å². The number of carbonyl (C=O) groups excluding carboxylic acids is 1. The van der Waals surface area contributed by atoms with Crippen molar-refractivity contribution in [3.05, 3.63) is 0 Å². The second-order valence-corrected chi connectivity index (χ2v) is 4.74. The molecule has 0 saturated carbocycles. The van der Waals surface area contributed by atoms with Gasteiger partial charge in [-0.05, 0) is 19.9 Å². The molecular formula is C11H18F3NO2. The average molecular weight is 253 g/mol. The van der Waals surface area contributed by atoms with Crippen LogP contribution in [0.4, 0.5) is 13.2 Å². The molecule has 0 aromatic carbocycles. The maximum atomic E-state index is 12.1. The van der Waals surface area contributed by atoms with Crippen molar-refractivity contribution in [1.29, 1.82) is 0 Å². The highest BCUT2D eigenvalue weighted by Crippen LogP contribution is 2.28. The van der Waals surface area contributed by atoms with Gasteiger partial charge >= 0.3 is 6.18 Å². The molecule has 0 bridgehead atoms. The van der Waals surface area contributed by atoms with Crippen LogP contribution in [0.3, 0.4) is 0 Å². The Hall–Kier alpha value is -0.620. The van der Waals surface area contributed by atoms with Gasteiger partial charge in [0.25, 0.3) is 0 Å². The summed E-state index contributed by atoms with van der Waals surface area (Å²) in [4.78, 5) is 12.6. The van der Waals surface area contributed by atoms with Gasteiger partial charge in [-0.1, -0.05) is 0 Å². The number of halogens is 3. The third-order valence-corrected chi connectivity index (χ3v) is 2.96.